The standard InChI is InChI=1S/C12H11Br/c13-10-4-1-3-9-5-8-12(11(9)10)6-2-7-12/h1,3-5,8H,2,6-7H2. The van der Waals surface area contributed by atoms with E-state index in [0.717, 1.165) is 0 Å². The lowest BCUT2D eigenvalue weighted by Gasteiger charge is -2.38. The molecule has 0 saturated heterocycles. The van der Waals surface area contributed by atoms with Gasteiger partial charge in [0.25, 0.3) is 0 Å². The van der Waals surface area contributed by atoms with Crippen LogP contribution in [-0.4, -0.2) is 0 Å². The Morgan fingerprint density at radius 1 is 1.23 bits per heavy atom. The molecule has 0 unspecified atom stereocenters. The second-order valence-electron chi connectivity index (χ2n) is 4.05. The van der Waals surface area contributed by atoms with Crippen LogP contribution in [0, 0.1) is 0 Å². The molecule has 0 heterocycles. The van der Waals surface area contributed by atoms with Gasteiger partial charge in [-0.1, -0.05) is 46.6 Å². The SMILES string of the molecule is Brc1cccc2c1C1(C=C2)CCC1. The van der Waals surface area contributed by atoms with E-state index in [9.17, 15) is 0 Å². The van der Waals surface area contributed by atoms with Gasteiger partial charge < -0.3 is 0 Å². The van der Waals surface area contributed by atoms with Crippen molar-refractivity contribution >= 4 is 22.0 Å². The highest BCUT2D eigenvalue weighted by atomic mass is 79.9. The number of allylic oxidation sites excluding steroid dienone is 1. The molecule has 0 nitrogen and oxygen atoms in total. The van der Waals surface area contributed by atoms with Gasteiger partial charge in [-0.2, -0.15) is 0 Å². The van der Waals surface area contributed by atoms with Crippen molar-refractivity contribution in [2.45, 2.75) is 24.7 Å². The summed E-state index contributed by atoms with van der Waals surface area (Å²) in [5.41, 5.74) is 3.35. The fraction of sp³-hybridized carbons (Fsp3) is 0.333. The minimum absolute atomic E-state index is 0.412. The molecule has 0 atom stereocenters. The van der Waals surface area contributed by atoms with Crippen molar-refractivity contribution in [2.75, 3.05) is 0 Å². The minimum atomic E-state index is 0.412. The molecule has 1 spiro atoms. The van der Waals surface area contributed by atoms with Crippen molar-refractivity contribution < 1.29 is 0 Å². The van der Waals surface area contributed by atoms with Gasteiger partial charge in [-0.25, -0.2) is 0 Å². The number of halogens is 1. The molecule has 1 heteroatoms. The van der Waals surface area contributed by atoms with Gasteiger partial charge in [0.15, 0.2) is 0 Å². The smallest absolute Gasteiger partial charge is 0.0222 e. The van der Waals surface area contributed by atoms with E-state index < -0.39 is 0 Å². The topological polar surface area (TPSA) is 0 Å². The van der Waals surface area contributed by atoms with E-state index in [2.05, 4.69) is 46.3 Å². The van der Waals surface area contributed by atoms with Crippen LogP contribution in [0.25, 0.3) is 6.08 Å². The molecule has 2 aliphatic carbocycles. The Balaban J connectivity index is 2.23. The maximum atomic E-state index is 3.66. The zero-order chi connectivity index (χ0) is 8.89. The molecule has 1 aromatic carbocycles. The second kappa shape index (κ2) is 2.48. The van der Waals surface area contributed by atoms with Crippen molar-refractivity contribution in [3.8, 4) is 0 Å². The summed E-state index contributed by atoms with van der Waals surface area (Å²) in [5, 5.41) is 0. The highest BCUT2D eigenvalue weighted by Gasteiger charge is 2.41. The molecule has 3 rings (SSSR count). The molecule has 1 saturated carbocycles. The maximum Gasteiger partial charge on any atom is 0.0222 e. The quantitative estimate of drug-likeness (QED) is 0.639. The van der Waals surface area contributed by atoms with Crippen molar-refractivity contribution in [2.24, 2.45) is 0 Å². The lowest BCUT2D eigenvalue weighted by molar-refractivity contribution is 0.318. The van der Waals surface area contributed by atoms with E-state index in [-0.39, 0.29) is 0 Å². The number of fused-ring (bicyclic) bond motifs is 2. The third-order valence-corrected chi connectivity index (χ3v) is 4.03. The van der Waals surface area contributed by atoms with Crippen LogP contribution in [0.1, 0.15) is 30.4 Å². The molecule has 1 aromatic rings. The van der Waals surface area contributed by atoms with Gasteiger partial charge in [0, 0.05) is 9.89 Å². The summed E-state index contributed by atoms with van der Waals surface area (Å²) in [6.45, 7) is 0. The summed E-state index contributed by atoms with van der Waals surface area (Å²) < 4.78 is 1.29. The van der Waals surface area contributed by atoms with Crippen molar-refractivity contribution in [3.63, 3.8) is 0 Å². The monoisotopic (exact) mass is 234 g/mol. The van der Waals surface area contributed by atoms with Gasteiger partial charge in [0.1, 0.15) is 0 Å². The van der Waals surface area contributed by atoms with Gasteiger partial charge in [-0.05, 0) is 30.0 Å². The summed E-state index contributed by atoms with van der Waals surface area (Å²) >= 11 is 3.66. The highest BCUT2D eigenvalue weighted by Crippen LogP contribution is 2.52. The lowest BCUT2D eigenvalue weighted by Crippen LogP contribution is -2.30. The van der Waals surface area contributed by atoms with Crippen LogP contribution in [-0.2, 0) is 5.41 Å². The largest absolute Gasteiger partial charge is 0.0733 e. The van der Waals surface area contributed by atoms with Crippen LogP contribution < -0.4 is 0 Å². The zero-order valence-corrected chi connectivity index (χ0v) is 8.97. The zero-order valence-electron chi connectivity index (χ0n) is 7.39. The van der Waals surface area contributed by atoms with E-state index in [1.54, 1.807) is 0 Å². The van der Waals surface area contributed by atoms with Crippen LogP contribution in [0.3, 0.4) is 0 Å². The first-order chi connectivity index (χ1) is 6.32. The van der Waals surface area contributed by atoms with Crippen LogP contribution in [0.5, 0.6) is 0 Å². The molecule has 0 N–H and O–H groups in total. The molecule has 2 aliphatic rings. The van der Waals surface area contributed by atoms with Gasteiger partial charge in [-0.3, -0.25) is 0 Å². The Labute approximate surface area is 86.8 Å². The van der Waals surface area contributed by atoms with Crippen LogP contribution in [0.15, 0.2) is 28.7 Å². The predicted molar refractivity (Wildman–Crippen MR) is 58.7 cm³/mol. The Hall–Kier alpha value is -0.560. The summed E-state index contributed by atoms with van der Waals surface area (Å²) in [6.07, 6.45) is 8.72. The molecule has 0 bridgehead atoms. The molecule has 66 valence electrons. The van der Waals surface area contributed by atoms with Crippen LogP contribution in [0.4, 0.5) is 0 Å². The third kappa shape index (κ3) is 0.912. The Morgan fingerprint density at radius 2 is 2.08 bits per heavy atom. The molecule has 0 amide bonds. The van der Waals surface area contributed by atoms with E-state index in [0.29, 0.717) is 5.41 Å². The second-order valence-corrected chi connectivity index (χ2v) is 4.90. The average Bonchev–Trinajstić information content (AvgIpc) is 2.44. The summed E-state index contributed by atoms with van der Waals surface area (Å²) in [4.78, 5) is 0. The van der Waals surface area contributed by atoms with Crippen LogP contribution in [0.2, 0.25) is 0 Å². The number of benzene rings is 1. The minimum Gasteiger partial charge on any atom is -0.0733 e. The van der Waals surface area contributed by atoms with Crippen molar-refractivity contribution in [3.05, 3.63) is 39.9 Å². The fourth-order valence-electron chi connectivity index (χ4n) is 2.51. The molecule has 13 heavy (non-hydrogen) atoms. The third-order valence-electron chi connectivity index (χ3n) is 3.37. The number of hydrogen-bond donors (Lipinski definition) is 0. The molecular formula is C12H11Br. The summed E-state index contributed by atoms with van der Waals surface area (Å²) in [6, 6.07) is 6.49. The number of hydrogen-bond acceptors (Lipinski definition) is 0. The van der Waals surface area contributed by atoms with Crippen molar-refractivity contribution in [1.29, 1.82) is 0 Å². The van der Waals surface area contributed by atoms with Gasteiger partial charge >= 0.3 is 0 Å². The molecule has 0 aromatic heterocycles. The normalized spacial score (nSPS) is 21.6. The lowest BCUT2D eigenvalue weighted by atomic mass is 9.66. The molecule has 0 aliphatic heterocycles. The van der Waals surface area contributed by atoms with Gasteiger partial charge in [0.05, 0.1) is 0 Å². The Morgan fingerprint density at radius 3 is 2.77 bits per heavy atom. The van der Waals surface area contributed by atoms with Crippen molar-refractivity contribution in [1.82, 2.24) is 0 Å². The van der Waals surface area contributed by atoms with Crippen LogP contribution >= 0.6 is 15.9 Å². The molecular weight excluding hydrogens is 224 g/mol. The first kappa shape index (κ1) is 7.81. The summed E-state index contributed by atoms with van der Waals surface area (Å²) in [7, 11) is 0. The Bertz CT molecular complexity index is 386. The summed E-state index contributed by atoms with van der Waals surface area (Å²) in [5.74, 6) is 0. The number of rotatable bonds is 0. The first-order valence-corrected chi connectivity index (χ1v) is 5.59. The van der Waals surface area contributed by atoms with E-state index in [1.165, 1.54) is 34.9 Å². The van der Waals surface area contributed by atoms with Gasteiger partial charge in [0.2, 0.25) is 0 Å². The Kier molecular flexibility index (Phi) is 1.49. The van der Waals surface area contributed by atoms with E-state index >= 15 is 0 Å². The van der Waals surface area contributed by atoms with E-state index in [4.69, 9.17) is 0 Å². The molecule has 0 radical (unpaired) electrons. The first-order valence-electron chi connectivity index (χ1n) is 4.80. The van der Waals surface area contributed by atoms with Gasteiger partial charge in [-0.15, -0.1) is 0 Å². The maximum absolute atomic E-state index is 3.66. The predicted octanol–water partition coefficient (Wildman–Crippen LogP) is 3.90. The average molecular weight is 235 g/mol. The van der Waals surface area contributed by atoms with E-state index in [1.807, 2.05) is 0 Å². The molecule has 1 fully saturated rings. The fourth-order valence-corrected chi connectivity index (χ4v) is 3.29. The highest BCUT2D eigenvalue weighted by molar-refractivity contribution is 9.10.